The molecule has 2 unspecified atom stereocenters. The number of nitrogens with two attached hydrogens (primary N) is 1. The van der Waals surface area contributed by atoms with Crippen molar-refractivity contribution >= 4 is 11.7 Å². The Morgan fingerprint density at radius 3 is 3.00 bits per heavy atom. The predicted molar refractivity (Wildman–Crippen MR) is 79.5 cm³/mol. The van der Waals surface area contributed by atoms with Crippen molar-refractivity contribution in [3.8, 4) is 5.75 Å². The number of ether oxygens (including phenoxy) is 1. The number of fused-ring (bicyclic) bond motifs is 1. The van der Waals surface area contributed by atoms with Crippen LogP contribution in [0, 0.1) is 5.92 Å². The zero-order valence-corrected chi connectivity index (χ0v) is 12.3. The second-order valence-corrected chi connectivity index (χ2v) is 5.37. The Morgan fingerprint density at radius 1 is 1.57 bits per heavy atom. The number of benzene rings is 1. The summed E-state index contributed by atoms with van der Waals surface area (Å²) < 4.78 is 5.58. The van der Waals surface area contributed by atoms with E-state index < -0.39 is 0 Å². The van der Waals surface area contributed by atoms with Crippen molar-refractivity contribution in [2.45, 2.75) is 19.3 Å². The van der Waals surface area contributed by atoms with E-state index in [1.165, 1.54) is 0 Å². The van der Waals surface area contributed by atoms with E-state index in [1.54, 1.807) is 11.9 Å². The normalized spacial score (nSPS) is 19.3. The first-order chi connectivity index (χ1) is 10.0. The number of amides is 1. The molecule has 0 aromatic heterocycles. The average molecular weight is 291 g/mol. The first-order valence-corrected chi connectivity index (χ1v) is 6.98. The van der Waals surface area contributed by atoms with E-state index in [-0.39, 0.29) is 23.6 Å². The van der Waals surface area contributed by atoms with Crippen molar-refractivity contribution in [1.82, 2.24) is 4.90 Å². The minimum atomic E-state index is -0.195. The largest absolute Gasteiger partial charge is 0.493 e. The lowest BCUT2D eigenvalue weighted by atomic mass is 9.91. The number of oxime groups is 1. The SMILES string of the molecule is CC(CN(C)C(=O)C1CCOc2ccccc21)C(N)=NO. The fourth-order valence-corrected chi connectivity index (χ4v) is 2.56. The summed E-state index contributed by atoms with van der Waals surface area (Å²) in [6.07, 6.45) is 0.665. The van der Waals surface area contributed by atoms with Gasteiger partial charge in [-0.1, -0.05) is 30.3 Å². The summed E-state index contributed by atoms with van der Waals surface area (Å²) in [5, 5.41) is 11.7. The molecule has 0 saturated carbocycles. The maximum absolute atomic E-state index is 12.6. The van der Waals surface area contributed by atoms with Gasteiger partial charge in [0.25, 0.3) is 0 Å². The molecule has 21 heavy (non-hydrogen) atoms. The van der Waals surface area contributed by atoms with E-state index in [0.717, 1.165) is 11.3 Å². The molecule has 0 bridgehead atoms. The fourth-order valence-electron chi connectivity index (χ4n) is 2.56. The molecule has 1 aromatic carbocycles. The number of carbonyl (C=O) groups is 1. The van der Waals surface area contributed by atoms with Gasteiger partial charge in [-0.3, -0.25) is 4.79 Å². The van der Waals surface area contributed by atoms with Crippen LogP contribution in [0.4, 0.5) is 0 Å². The standard InChI is InChI=1S/C15H21N3O3/c1-10(14(16)17-20)9-18(2)15(19)12-7-8-21-13-6-4-3-5-11(12)13/h3-6,10,12,20H,7-9H2,1-2H3,(H2,16,17). The van der Waals surface area contributed by atoms with E-state index in [1.807, 2.05) is 31.2 Å². The summed E-state index contributed by atoms with van der Waals surface area (Å²) in [5.41, 5.74) is 6.49. The van der Waals surface area contributed by atoms with Crippen LogP contribution in [0.25, 0.3) is 0 Å². The molecule has 1 aliphatic rings. The molecule has 114 valence electrons. The second-order valence-electron chi connectivity index (χ2n) is 5.37. The zero-order valence-electron chi connectivity index (χ0n) is 12.3. The van der Waals surface area contributed by atoms with Crippen molar-refractivity contribution in [2.24, 2.45) is 16.8 Å². The van der Waals surface area contributed by atoms with Gasteiger partial charge in [0, 0.05) is 25.1 Å². The molecule has 2 rings (SSSR count). The van der Waals surface area contributed by atoms with E-state index in [9.17, 15) is 4.79 Å². The second kappa shape index (κ2) is 6.47. The molecule has 1 heterocycles. The number of nitrogens with zero attached hydrogens (tertiary/aromatic N) is 2. The van der Waals surface area contributed by atoms with Gasteiger partial charge in [0.2, 0.25) is 5.91 Å². The molecular weight excluding hydrogens is 270 g/mol. The Labute approximate surface area is 124 Å². The summed E-state index contributed by atoms with van der Waals surface area (Å²) in [7, 11) is 1.74. The fraction of sp³-hybridized carbons (Fsp3) is 0.467. The number of hydrogen-bond acceptors (Lipinski definition) is 4. The van der Waals surface area contributed by atoms with Crippen LogP contribution >= 0.6 is 0 Å². The smallest absolute Gasteiger partial charge is 0.230 e. The quantitative estimate of drug-likeness (QED) is 0.380. The van der Waals surface area contributed by atoms with Crippen LogP contribution in [-0.2, 0) is 4.79 Å². The summed E-state index contributed by atoms with van der Waals surface area (Å²) in [6, 6.07) is 7.62. The third kappa shape index (κ3) is 3.26. The number of rotatable bonds is 4. The summed E-state index contributed by atoms with van der Waals surface area (Å²) in [6.45, 7) is 2.77. The molecule has 6 nitrogen and oxygen atoms in total. The van der Waals surface area contributed by atoms with E-state index in [0.29, 0.717) is 19.6 Å². The average Bonchev–Trinajstić information content (AvgIpc) is 2.52. The number of amidine groups is 1. The molecule has 6 heteroatoms. The first-order valence-electron chi connectivity index (χ1n) is 6.98. The topological polar surface area (TPSA) is 88.2 Å². The highest BCUT2D eigenvalue weighted by molar-refractivity contribution is 5.86. The molecule has 1 amide bonds. The van der Waals surface area contributed by atoms with Gasteiger partial charge in [0.1, 0.15) is 11.6 Å². The molecular formula is C15H21N3O3. The molecule has 0 radical (unpaired) electrons. The third-order valence-electron chi connectivity index (χ3n) is 3.80. The van der Waals surface area contributed by atoms with Crippen molar-refractivity contribution < 1.29 is 14.7 Å². The van der Waals surface area contributed by atoms with Gasteiger partial charge in [-0.05, 0) is 12.5 Å². The van der Waals surface area contributed by atoms with Gasteiger partial charge >= 0.3 is 0 Å². The van der Waals surface area contributed by atoms with Crippen LogP contribution in [0.2, 0.25) is 0 Å². The van der Waals surface area contributed by atoms with Crippen molar-refractivity contribution in [3.63, 3.8) is 0 Å². The van der Waals surface area contributed by atoms with Crippen molar-refractivity contribution in [1.29, 1.82) is 0 Å². The van der Waals surface area contributed by atoms with E-state index >= 15 is 0 Å². The lowest BCUT2D eigenvalue weighted by Crippen LogP contribution is -2.39. The maximum Gasteiger partial charge on any atom is 0.230 e. The van der Waals surface area contributed by atoms with Crippen LogP contribution in [0.1, 0.15) is 24.8 Å². The number of hydrogen-bond donors (Lipinski definition) is 2. The highest BCUT2D eigenvalue weighted by atomic mass is 16.5. The van der Waals surface area contributed by atoms with Crippen LogP contribution < -0.4 is 10.5 Å². The minimum absolute atomic E-state index is 0.0309. The van der Waals surface area contributed by atoms with Crippen molar-refractivity contribution in [2.75, 3.05) is 20.2 Å². The van der Waals surface area contributed by atoms with Gasteiger partial charge in [0.15, 0.2) is 0 Å². The summed E-state index contributed by atoms with van der Waals surface area (Å²) >= 11 is 0. The lowest BCUT2D eigenvalue weighted by molar-refractivity contribution is -0.132. The molecule has 0 spiro atoms. The number of carbonyl (C=O) groups excluding carboxylic acids is 1. The van der Waals surface area contributed by atoms with Crippen LogP contribution in [0.5, 0.6) is 5.75 Å². The lowest BCUT2D eigenvalue weighted by Gasteiger charge is -2.29. The van der Waals surface area contributed by atoms with Gasteiger partial charge in [0.05, 0.1) is 12.5 Å². The summed E-state index contributed by atoms with van der Waals surface area (Å²) in [4.78, 5) is 14.3. The van der Waals surface area contributed by atoms with Crippen molar-refractivity contribution in [3.05, 3.63) is 29.8 Å². The molecule has 3 N–H and O–H groups in total. The van der Waals surface area contributed by atoms with Gasteiger partial charge in [-0.25, -0.2) is 0 Å². The molecule has 0 aliphatic carbocycles. The highest BCUT2D eigenvalue weighted by Crippen LogP contribution is 2.34. The Balaban J connectivity index is 2.10. The molecule has 0 fully saturated rings. The first kappa shape index (κ1) is 15.2. The Kier molecular flexibility index (Phi) is 4.67. The predicted octanol–water partition coefficient (Wildman–Crippen LogP) is 1.39. The minimum Gasteiger partial charge on any atom is -0.493 e. The highest BCUT2D eigenvalue weighted by Gasteiger charge is 2.30. The Bertz CT molecular complexity index is 545. The third-order valence-corrected chi connectivity index (χ3v) is 3.80. The molecule has 1 aliphatic heterocycles. The summed E-state index contributed by atoms with van der Waals surface area (Å²) in [5.74, 6) is 0.545. The zero-order chi connectivity index (χ0) is 15.4. The van der Waals surface area contributed by atoms with Crippen LogP contribution in [0.3, 0.4) is 0 Å². The van der Waals surface area contributed by atoms with Crippen LogP contribution in [-0.4, -0.2) is 42.0 Å². The molecule has 1 aromatic rings. The van der Waals surface area contributed by atoms with E-state index in [2.05, 4.69) is 5.16 Å². The molecule has 2 atom stereocenters. The number of para-hydroxylation sites is 1. The maximum atomic E-state index is 12.6. The van der Waals surface area contributed by atoms with Crippen LogP contribution in [0.15, 0.2) is 29.4 Å². The number of likely N-dealkylation sites (N-methyl/N-ethyl adjacent to an activating group) is 1. The Hall–Kier alpha value is -2.24. The van der Waals surface area contributed by atoms with Gasteiger partial charge < -0.3 is 20.6 Å². The van der Waals surface area contributed by atoms with Gasteiger partial charge in [-0.15, -0.1) is 0 Å². The Morgan fingerprint density at radius 2 is 2.29 bits per heavy atom. The molecule has 0 saturated heterocycles. The van der Waals surface area contributed by atoms with E-state index in [4.69, 9.17) is 15.7 Å². The monoisotopic (exact) mass is 291 g/mol. The van der Waals surface area contributed by atoms with Gasteiger partial charge in [-0.2, -0.15) is 0 Å².